The van der Waals surface area contributed by atoms with Gasteiger partial charge >= 0.3 is 0 Å². The first-order valence-electron chi connectivity index (χ1n) is 15.9. The number of carbonyl (C=O) groups is 2. The summed E-state index contributed by atoms with van der Waals surface area (Å²) in [5.41, 5.74) is 5.43. The van der Waals surface area contributed by atoms with Crippen molar-refractivity contribution in [2.75, 3.05) is 27.2 Å². The average Bonchev–Trinajstić information content (AvgIpc) is 3.51. The standard InChI is InChI=1S/C23H28N2O4.C9H17N3O2.C2H6/c1-4-17(26)9-7-5-6-8-10-22-24-15-21(29-22)18-13-16-11-12-23(27)25(2)19(16)14-20(18)28-3;1-12-4-2-9(14,3-5-12)6-7(10)8(11)13;1-2/h11-15H,4-10H2,1-3H3;10,14H,2-6H2,1H3,(H2,11,13);1-2H3. The van der Waals surface area contributed by atoms with Gasteiger partial charge in [-0.15, -0.1) is 0 Å². The summed E-state index contributed by atoms with van der Waals surface area (Å²) in [5.74, 6) is 1.60. The van der Waals surface area contributed by atoms with Gasteiger partial charge in [-0.3, -0.25) is 19.8 Å². The summed E-state index contributed by atoms with van der Waals surface area (Å²) in [4.78, 5) is 40.4. The van der Waals surface area contributed by atoms with Crippen LogP contribution in [-0.2, 0) is 23.1 Å². The molecule has 3 heterocycles. The number of ether oxygens (including phenoxy) is 1. The molecule has 1 aliphatic heterocycles. The van der Waals surface area contributed by atoms with Crippen LogP contribution in [0.25, 0.3) is 22.2 Å². The molecule has 2 aromatic heterocycles. The number of pyridine rings is 1. The number of hydrogen-bond acceptors (Lipinski definition) is 9. The number of amides is 1. The largest absolute Gasteiger partial charge is 0.496 e. The molecule has 0 saturated carbocycles. The van der Waals surface area contributed by atoms with Gasteiger partial charge < -0.3 is 29.5 Å². The van der Waals surface area contributed by atoms with Crippen LogP contribution in [0.4, 0.5) is 0 Å². The van der Waals surface area contributed by atoms with Crippen LogP contribution in [-0.4, -0.2) is 69.8 Å². The Bertz CT molecular complexity index is 1470. The zero-order valence-electron chi connectivity index (χ0n) is 27.8. The number of methoxy groups -OCH3 is 1. The summed E-state index contributed by atoms with van der Waals surface area (Å²) in [6.45, 7) is 7.50. The zero-order chi connectivity index (χ0) is 33.6. The lowest BCUT2D eigenvalue weighted by molar-refractivity contribution is -0.118. The Labute approximate surface area is 266 Å². The second kappa shape index (κ2) is 18.2. The van der Waals surface area contributed by atoms with Crippen LogP contribution < -0.4 is 16.0 Å². The molecule has 0 bridgehead atoms. The number of ketones is 1. The van der Waals surface area contributed by atoms with E-state index in [1.165, 1.54) is 0 Å². The van der Waals surface area contributed by atoms with Crippen molar-refractivity contribution >= 4 is 28.3 Å². The topological polar surface area (TPSA) is 165 Å². The van der Waals surface area contributed by atoms with Crippen LogP contribution in [0.3, 0.4) is 0 Å². The highest BCUT2D eigenvalue weighted by molar-refractivity contribution is 6.37. The van der Waals surface area contributed by atoms with Gasteiger partial charge in [-0.2, -0.15) is 0 Å². The lowest BCUT2D eigenvalue weighted by Gasteiger charge is -2.36. The third kappa shape index (κ3) is 11.2. The normalized spacial score (nSPS) is 14.1. The lowest BCUT2D eigenvalue weighted by Crippen LogP contribution is -2.45. The van der Waals surface area contributed by atoms with Crippen LogP contribution >= 0.6 is 0 Å². The number of carbonyl (C=O) groups excluding carboxylic acids is 2. The van der Waals surface area contributed by atoms with Crippen LogP contribution in [0.1, 0.15) is 84.4 Å². The molecule has 0 aliphatic carbocycles. The summed E-state index contributed by atoms with van der Waals surface area (Å²) in [6.07, 6.45) is 9.14. The predicted octanol–water partition coefficient (Wildman–Crippen LogP) is 5.04. The van der Waals surface area contributed by atoms with E-state index < -0.39 is 11.5 Å². The Morgan fingerprint density at radius 1 is 1.11 bits per heavy atom. The number of aromatic nitrogens is 2. The second-order valence-corrected chi connectivity index (χ2v) is 11.3. The summed E-state index contributed by atoms with van der Waals surface area (Å²) in [7, 11) is 5.33. The van der Waals surface area contributed by atoms with Crippen LogP contribution in [0.15, 0.2) is 39.7 Å². The van der Waals surface area contributed by atoms with Crippen molar-refractivity contribution in [1.29, 1.82) is 5.41 Å². The van der Waals surface area contributed by atoms with Gasteiger partial charge in [0.05, 0.1) is 35.7 Å². The van der Waals surface area contributed by atoms with E-state index in [4.69, 9.17) is 20.3 Å². The molecule has 0 atom stereocenters. The molecule has 1 aromatic carbocycles. The predicted molar refractivity (Wildman–Crippen MR) is 178 cm³/mol. The first kappa shape index (κ1) is 37.4. The smallest absolute Gasteiger partial charge is 0.262 e. The number of rotatable bonds is 13. The van der Waals surface area contributed by atoms with Gasteiger partial charge in [0, 0.05) is 58.0 Å². The van der Waals surface area contributed by atoms with E-state index >= 15 is 0 Å². The second-order valence-electron chi connectivity index (χ2n) is 11.3. The molecule has 248 valence electrons. The number of benzene rings is 1. The summed E-state index contributed by atoms with van der Waals surface area (Å²) >= 11 is 0. The molecule has 1 fully saturated rings. The number of fused-ring (bicyclic) bond motifs is 1. The first-order valence-corrected chi connectivity index (χ1v) is 15.9. The number of aryl methyl sites for hydroxylation is 2. The van der Waals surface area contributed by atoms with Gasteiger partial charge in [-0.1, -0.05) is 33.6 Å². The zero-order valence-corrected chi connectivity index (χ0v) is 27.8. The number of likely N-dealkylation sites (tertiary alicyclic amines) is 1. The van der Waals surface area contributed by atoms with E-state index in [0.29, 0.717) is 48.9 Å². The molecule has 4 rings (SSSR count). The maximum Gasteiger partial charge on any atom is 0.262 e. The van der Waals surface area contributed by atoms with Crippen molar-refractivity contribution in [2.24, 2.45) is 12.8 Å². The van der Waals surface area contributed by atoms with Crippen molar-refractivity contribution in [3.05, 3.63) is 46.7 Å². The van der Waals surface area contributed by atoms with E-state index in [9.17, 15) is 19.5 Å². The fourth-order valence-electron chi connectivity index (χ4n) is 5.07. The Morgan fingerprint density at radius 2 is 1.78 bits per heavy atom. The highest BCUT2D eigenvalue weighted by atomic mass is 16.5. The van der Waals surface area contributed by atoms with E-state index in [1.807, 2.05) is 40.0 Å². The molecule has 3 aromatic rings. The van der Waals surface area contributed by atoms with Gasteiger partial charge in [-0.25, -0.2) is 4.98 Å². The molecule has 1 aliphatic rings. The summed E-state index contributed by atoms with van der Waals surface area (Å²) in [5, 5.41) is 18.3. The number of aliphatic hydroxyl groups is 1. The Kier molecular flexibility index (Phi) is 15.1. The van der Waals surface area contributed by atoms with Crippen molar-refractivity contribution in [3.8, 4) is 17.1 Å². The van der Waals surface area contributed by atoms with Crippen molar-refractivity contribution in [2.45, 2.75) is 90.6 Å². The van der Waals surface area contributed by atoms with Crippen molar-refractivity contribution < 1.29 is 23.8 Å². The molecular formula is C34H51N5O6. The molecule has 0 spiro atoms. The number of oxazole rings is 1. The molecule has 11 heteroatoms. The number of nitrogens with one attached hydrogen (secondary N) is 1. The Hall–Kier alpha value is -3.83. The summed E-state index contributed by atoms with van der Waals surface area (Å²) in [6, 6.07) is 7.17. The number of hydrogen-bond donors (Lipinski definition) is 3. The van der Waals surface area contributed by atoms with E-state index in [-0.39, 0.29) is 17.7 Å². The maximum absolute atomic E-state index is 11.9. The number of nitrogens with zero attached hydrogens (tertiary/aromatic N) is 3. The third-order valence-corrected chi connectivity index (χ3v) is 7.98. The van der Waals surface area contributed by atoms with E-state index in [1.54, 1.807) is 37.1 Å². The quantitative estimate of drug-likeness (QED) is 0.176. The minimum Gasteiger partial charge on any atom is -0.496 e. The van der Waals surface area contributed by atoms with Crippen molar-refractivity contribution in [3.63, 3.8) is 0 Å². The van der Waals surface area contributed by atoms with Crippen LogP contribution in [0, 0.1) is 5.41 Å². The molecule has 0 unspecified atom stereocenters. The van der Waals surface area contributed by atoms with Crippen LogP contribution in [0.2, 0.25) is 0 Å². The highest BCUT2D eigenvalue weighted by Gasteiger charge is 2.33. The monoisotopic (exact) mass is 625 g/mol. The van der Waals surface area contributed by atoms with Gasteiger partial charge in [0.2, 0.25) is 0 Å². The highest BCUT2D eigenvalue weighted by Crippen LogP contribution is 2.34. The molecule has 1 amide bonds. The van der Waals surface area contributed by atoms with Gasteiger partial charge in [0.25, 0.3) is 11.5 Å². The maximum atomic E-state index is 11.9. The molecule has 11 nitrogen and oxygen atoms in total. The molecule has 45 heavy (non-hydrogen) atoms. The van der Waals surface area contributed by atoms with Gasteiger partial charge in [0.1, 0.15) is 11.5 Å². The van der Waals surface area contributed by atoms with Crippen LogP contribution in [0.5, 0.6) is 5.75 Å². The Balaban J connectivity index is 0.000000370. The van der Waals surface area contributed by atoms with Gasteiger partial charge in [-0.05, 0) is 50.2 Å². The van der Waals surface area contributed by atoms with E-state index in [2.05, 4.69) is 9.88 Å². The van der Waals surface area contributed by atoms with E-state index in [0.717, 1.165) is 61.7 Å². The molecule has 0 radical (unpaired) electrons. The Morgan fingerprint density at radius 3 is 2.40 bits per heavy atom. The molecule has 1 saturated heterocycles. The third-order valence-electron chi connectivity index (χ3n) is 7.98. The number of nitrogens with two attached hydrogens (primary N) is 1. The lowest BCUT2D eigenvalue weighted by atomic mass is 9.86. The fourth-order valence-corrected chi connectivity index (χ4v) is 5.07. The fraction of sp³-hybridized carbons (Fsp3) is 0.559. The van der Waals surface area contributed by atoms with Gasteiger partial charge in [0.15, 0.2) is 11.7 Å². The molecular weight excluding hydrogens is 574 g/mol. The summed E-state index contributed by atoms with van der Waals surface area (Å²) < 4.78 is 13.1. The minimum absolute atomic E-state index is 0.0617. The molecule has 4 N–H and O–H groups in total. The number of Topliss-reactive ketones (excluding diaryl/α,β-unsaturated/α-hetero) is 1. The number of primary amides is 1. The number of unbranched alkanes of at least 4 members (excludes halogenated alkanes) is 3. The SMILES string of the molecule is CC.CCC(=O)CCCCCCc1ncc(-c2cc3ccc(=O)n(C)c3cc2OC)o1.CN1CCC(O)(CC(=N)C(N)=O)CC1. The first-order chi connectivity index (χ1) is 21.5. The minimum atomic E-state index is -0.904. The number of piperidine rings is 1. The van der Waals surface area contributed by atoms with Crippen molar-refractivity contribution in [1.82, 2.24) is 14.5 Å². The average molecular weight is 626 g/mol.